The third kappa shape index (κ3) is 5.78. The summed E-state index contributed by atoms with van der Waals surface area (Å²) in [6.07, 6.45) is 4.74. The molecule has 4 nitrogen and oxygen atoms in total. The zero-order valence-corrected chi connectivity index (χ0v) is 19.9. The van der Waals surface area contributed by atoms with Gasteiger partial charge in [-0.15, -0.1) is 0 Å². The smallest absolute Gasteiger partial charge is 0.305 e. The van der Waals surface area contributed by atoms with E-state index < -0.39 is 0 Å². The summed E-state index contributed by atoms with van der Waals surface area (Å²) in [6, 6.07) is 17.9. The zero-order chi connectivity index (χ0) is 22.1. The van der Waals surface area contributed by atoms with Crippen LogP contribution in [0.3, 0.4) is 0 Å². The third-order valence-electron chi connectivity index (χ3n) is 5.68. The second-order valence-corrected chi connectivity index (χ2v) is 9.68. The molecule has 2 unspecified atom stereocenters. The highest BCUT2D eigenvalue weighted by Crippen LogP contribution is 2.46. The molecular formula is C26H36N2O2S. The average Bonchev–Trinajstić information content (AvgIpc) is 2.91. The Morgan fingerprint density at radius 1 is 1.03 bits per heavy atom. The number of carbonyl (C=O) groups excluding carboxylic acids is 1. The van der Waals surface area contributed by atoms with Crippen molar-refractivity contribution in [3.05, 3.63) is 59.7 Å². The molecule has 2 aromatic rings. The van der Waals surface area contributed by atoms with Crippen LogP contribution in [0.4, 0.5) is 5.69 Å². The number of carbonyl (C=O) groups is 1. The topological polar surface area (TPSA) is 41.6 Å². The number of nitrogens with zero attached hydrogens (tertiary/aromatic N) is 1. The number of benzene rings is 2. The van der Waals surface area contributed by atoms with Gasteiger partial charge in [0.25, 0.3) is 0 Å². The third-order valence-corrected chi connectivity index (χ3v) is 7.88. The van der Waals surface area contributed by atoms with Crippen LogP contribution in [0.25, 0.3) is 0 Å². The first kappa shape index (κ1) is 23.6. The molecule has 31 heavy (non-hydrogen) atoms. The van der Waals surface area contributed by atoms with Crippen LogP contribution in [-0.4, -0.2) is 31.0 Å². The van der Waals surface area contributed by atoms with Crippen LogP contribution in [0.15, 0.2) is 53.4 Å². The van der Waals surface area contributed by atoms with Crippen molar-refractivity contribution >= 4 is 27.7 Å². The molecule has 0 aliphatic carbocycles. The monoisotopic (exact) mass is 440 g/mol. The van der Waals surface area contributed by atoms with E-state index in [4.69, 9.17) is 4.74 Å². The maximum absolute atomic E-state index is 11.5. The van der Waals surface area contributed by atoms with E-state index in [-0.39, 0.29) is 22.7 Å². The molecule has 5 heteroatoms. The number of para-hydroxylation sites is 1. The van der Waals surface area contributed by atoms with Gasteiger partial charge in [0, 0.05) is 17.9 Å². The molecule has 1 heterocycles. The van der Waals surface area contributed by atoms with E-state index in [0.717, 1.165) is 38.8 Å². The summed E-state index contributed by atoms with van der Waals surface area (Å²) in [5.41, 5.74) is 4.07. The molecule has 1 aliphatic rings. The van der Waals surface area contributed by atoms with E-state index in [1.165, 1.54) is 21.7 Å². The molecule has 1 aliphatic heterocycles. The summed E-state index contributed by atoms with van der Waals surface area (Å²) in [5.74, 6) is -0.0733. The second-order valence-electron chi connectivity index (χ2n) is 7.70. The molecule has 0 saturated heterocycles. The van der Waals surface area contributed by atoms with Crippen molar-refractivity contribution in [2.24, 2.45) is 0 Å². The van der Waals surface area contributed by atoms with E-state index in [1.54, 1.807) is 0 Å². The molecule has 3 rings (SSSR count). The molecule has 2 aromatic carbocycles. The molecule has 2 atom stereocenters. The minimum Gasteiger partial charge on any atom is -0.466 e. The van der Waals surface area contributed by atoms with E-state index in [9.17, 15) is 4.79 Å². The second kappa shape index (κ2) is 12.1. The fraction of sp³-hybridized carbons (Fsp3) is 0.462. The van der Waals surface area contributed by atoms with Gasteiger partial charge in [-0.05, 0) is 68.8 Å². The predicted molar refractivity (Wildman–Crippen MR) is 133 cm³/mol. The highest BCUT2D eigenvalue weighted by atomic mass is 32.2. The maximum Gasteiger partial charge on any atom is 0.305 e. The lowest BCUT2D eigenvalue weighted by Gasteiger charge is -2.27. The molecule has 168 valence electrons. The number of nitrogens with one attached hydrogen (secondary N) is 1. The number of esters is 1. The molecule has 1 N–H and O–H groups in total. The lowest BCUT2D eigenvalue weighted by molar-refractivity contribution is -0.143. The SMILES string of the molecule is C/C=S1/c2ccccc2C(NCCCCCCC(=O)OCC)c2ccccc2N1CC. The number of ether oxygens (including phenoxy) is 1. The highest BCUT2D eigenvalue weighted by molar-refractivity contribution is 8.16. The van der Waals surface area contributed by atoms with Crippen molar-refractivity contribution in [2.45, 2.75) is 63.8 Å². The molecule has 0 bridgehead atoms. The van der Waals surface area contributed by atoms with Crippen molar-refractivity contribution in [3.63, 3.8) is 0 Å². The standard InChI is InChI=1S/C26H36N2O2S/c1-4-28-23-17-12-10-15-21(23)26(22-16-11-13-18-24(22)31(28)6-3)27-20-14-8-7-9-19-25(29)30-5-2/h6,10-13,15-18,26-27H,4-5,7-9,14,19-20H2,1-3H3. The van der Waals surface area contributed by atoms with Crippen LogP contribution in [0.2, 0.25) is 0 Å². The summed E-state index contributed by atoms with van der Waals surface area (Å²) in [4.78, 5) is 12.9. The van der Waals surface area contributed by atoms with Crippen molar-refractivity contribution in [1.29, 1.82) is 0 Å². The predicted octanol–water partition coefficient (Wildman–Crippen LogP) is 6.08. The van der Waals surface area contributed by atoms with Gasteiger partial charge in [-0.3, -0.25) is 4.79 Å². The average molecular weight is 441 g/mol. The molecule has 0 aromatic heterocycles. The van der Waals surface area contributed by atoms with Crippen molar-refractivity contribution in [1.82, 2.24) is 5.32 Å². The van der Waals surface area contributed by atoms with Crippen LogP contribution in [0, 0.1) is 0 Å². The summed E-state index contributed by atoms with van der Waals surface area (Å²) in [6.45, 7) is 8.69. The number of hydrogen-bond donors (Lipinski definition) is 1. The quantitative estimate of drug-likeness (QED) is 0.276. The van der Waals surface area contributed by atoms with Gasteiger partial charge in [-0.1, -0.05) is 59.9 Å². The molecule has 0 amide bonds. The summed E-state index contributed by atoms with van der Waals surface area (Å²) < 4.78 is 7.54. The Balaban J connectivity index is 1.71. The Labute approximate surface area is 190 Å². The molecule has 0 fully saturated rings. The number of hydrogen-bond acceptors (Lipinski definition) is 4. The van der Waals surface area contributed by atoms with E-state index in [2.05, 4.69) is 77.4 Å². The van der Waals surface area contributed by atoms with Gasteiger partial charge >= 0.3 is 5.97 Å². The van der Waals surface area contributed by atoms with Crippen LogP contribution >= 0.6 is 10.7 Å². The summed E-state index contributed by atoms with van der Waals surface area (Å²) >= 11 is 0. The Bertz CT molecular complexity index is 896. The minimum atomic E-state index is -0.0733. The fourth-order valence-corrected chi connectivity index (χ4v) is 6.32. The minimum absolute atomic E-state index is 0.0573. The van der Waals surface area contributed by atoms with E-state index >= 15 is 0 Å². The number of unbranched alkanes of at least 4 members (excludes halogenated alkanes) is 3. The van der Waals surface area contributed by atoms with Crippen LogP contribution in [-0.2, 0) is 9.53 Å². The van der Waals surface area contributed by atoms with Gasteiger partial charge < -0.3 is 14.4 Å². The lowest BCUT2D eigenvalue weighted by atomic mass is 9.96. The summed E-state index contributed by atoms with van der Waals surface area (Å²) in [5, 5.41) is 6.19. The van der Waals surface area contributed by atoms with Crippen LogP contribution < -0.4 is 9.62 Å². The lowest BCUT2D eigenvalue weighted by Crippen LogP contribution is -2.24. The molecule has 0 radical (unpaired) electrons. The summed E-state index contributed by atoms with van der Waals surface area (Å²) in [7, 11) is -0.0573. The Morgan fingerprint density at radius 2 is 1.74 bits per heavy atom. The van der Waals surface area contributed by atoms with Gasteiger partial charge in [0.2, 0.25) is 0 Å². The number of rotatable bonds is 10. The van der Waals surface area contributed by atoms with E-state index in [1.807, 2.05) is 6.92 Å². The first-order valence-corrected chi connectivity index (χ1v) is 12.8. The first-order valence-electron chi connectivity index (χ1n) is 11.6. The fourth-order valence-electron chi connectivity index (χ4n) is 4.27. The van der Waals surface area contributed by atoms with Crippen LogP contribution in [0.1, 0.15) is 70.0 Å². The molecule has 0 spiro atoms. The number of anilines is 1. The zero-order valence-electron chi connectivity index (χ0n) is 19.1. The largest absolute Gasteiger partial charge is 0.466 e. The Morgan fingerprint density at radius 3 is 2.48 bits per heavy atom. The normalized spacial score (nSPS) is 17.7. The molecular weight excluding hydrogens is 404 g/mol. The first-order chi connectivity index (χ1) is 15.2. The van der Waals surface area contributed by atoms with Crippen molar-refractivity contribution in [2.75, 3.05) is 24.0 Å². The van der Waals surface area contributed by atoms with Gasteiger partial charge in [0.1, 0.15) is 0 Å². The van der Waals surface area contributed by atoms with Crippen molar-refractivity contribution in [3.8, 4) is 0 Å². The van der Waals surface area contributed by atoms with Crippen LogP contribution in [0.5, 0.6) is 0 Å². The van der Waals surface area contributed by atoms with Gasteiger partial charge in [0.15, 0.2) is 0 Å². The van der Waals surface area contributed by atoms with Gasteiger partial charge in [0.05, 0.1) is 18.3 Å². The highest BCUT2D eigenvalue weighted by Gasteiger charge is 2.28. The Kier molecular flexibility index (Phi) is 9.16. The van der Waals surface area contributed by atoms with Gasteiger partial charge in [-0.2, -0.15) is 0 Å². The van der Waals surface area contributed by atoms with E-state index in [0.29, 0.717) is 13.0 Å². The van der Waals surface area contributed by atoms with Gasteiger partial charge in [-0.25, -0.2) is 0 Å². The van der Waals surface area contributed by atoms with Crippen molar-refractivity contribution < 1.29 is 9.53 Å². The Hall–Kier alpha value is -2.11. The maximum atomic E-state index is 11.5. The molecule has 0 saturated carbocycles. The number of fused-ring (bicyclic) bond motifs is 2.